The van der Waals surface area contributed by atoms with Crippen LogP contribution in [-0.2, 0) is 11.3 Å². The summed E-state index contributed by atoms with van der Waals surface area (Å²) in [5.41, 5.74) is -0.415. The normalized spacial score (nSPS) is 24.8. The number of aromatic nitrogens is 2. The maximum absolute atomic E-state index is 12.7. The monoisotopic (exact) mass is 412 g/mol. The van der Waals surface area contributed by atoms with Crippen LogP contribution >= 0.6 is 0 Å². The second-order valence-corrected chi connectivity index (χ2v) is 9.44. The van der Waals surface area contributed by atoms with Gasteiger partial charge in [0.05, 0.1) is 35.9 Å². The summed E-state index contributed by atoms with van der Waals surface area (Å²) in [6, 6.07) is 7.26. The van der Waals surface area contributed by atoms with Crippen molar-refractivity contribution in [3.63, 3.8) is 0 Å². The molecule has 2 aliphatic heterocycles. The lowest BCUT2D eigenvalue weighted by Gasteiger charge is -2.40. The number of hydrogen-bond donors (Lipinski definition) is 1. The summed E-state index contributed by atoms with van der Waals surface area (Å²) >= 11 is 0. The van der Waals surface area contributed by atoms with Gasteiger partial charge in [0.2, 0.25) is 5.91 Å². The van der Waals surface area contributed by atoms with Gasteiger partial charge in [-0.2, -0.15) is 0 Å². The van der Waals surface area contributed by atoms with Crippen LogP contribution in [0.3, 0.4) is 0 Å². The van der Waals surface area contributed by atoms with Crippen LogP contribution in [0, 0.1) is 11.8 Å². The molecule has 1 N–H and O–H groups in total. The quantitative estimate of drug-likeness (QED) is 0.827. The Balaban J connectivity index is 1.35. The Labute approximate surface area is 177 Å². The molecule has 7 nitrogen and oxygen atoms in total. The number of rotatable bonds is 4. The van der Waals surface area contributed by atoms with Crippen molar-refractivity contribution in [3.05, 3.63) is 40.9 Å². The number of aliphatic hydroxyl groups is 1. The summed E-state index contributed by atoms with van der Waals surface area (Å²) in [6.45, 7) is 8.05. The van der Waals surface area contributed by atoms with Gasteiger partial charge in [0.15, 0.2) is 0 Å². The molecule has 7 heteroatoms. The average Bonchev–Trinajstić information content (AvgIpc) is 2.71. The van der Waals surface area contributed by atoms with Crippen LogP contribution in [0.25, 0.3) is 10.9 Å². The molecule has 2 unspecified atom stereocenters. The Morgan fingerprint density at radius 2 is 1.83 bits per heavy atom. The van der Waals surface area contributed by atoms with Crippen molar-refractivity contribution in [1.29, 1.82) is 0 Å². The van der Waals surface area contributed by atoms with Crippen LogP contribution in [0.15, 0.2) is 35.4 Å². The fraction of sp³-hybridized carbons (Fsp3) is 0.609. The summed E-state index contributed by atoms with van der Waals surface area (Å²) in [7, 11) is 0. The highest BCUT2D eigenvalue weighted by Gasteiger charge is 2.34. The second kappa shape index (κ2) is 8.47. The van der Waals surface area contributed by atoms with Gasteiger partial charge in [-0.05, 0) is 43.2 Å². The van der Waals surface area contributed by atoms with Crippen LogP contribution in [0.2, 0.25) is 0 Å². The standard InChI is InChI=1S/C23H32N4O3/c1-17-11-18(2)13-26(12-17)21(28)14-25-9-7-23(30,8-10-25)15-27-16-24-20-6-4-3-5-19(20)22(27)29/h3-6,16-18,30H,7-15H2,1-2H3. The predicted molar refractivity (Wildman–Crippen MR) is 116 cm³/mol. The van der Waals surface area contributed by atoms with Gasteiger partial charge in [0.25, 0.3) is 5.56 Å². The summed E-state index contributed by atoms with van der Waals surface area (Å²) in [6.07, 6.45) is 3.78. The van der Waals surface area contributed by atoms with E-state index in [1.165, 1.54) is 17.3 Å². The SMILES string of the molecule is CC1CC(C)CN(C(=O)CN2CCC(O)(Cn3cnc4ccccc4c3=O)CC2)C1. The lowest BCUT2D eigenvalue weighted by atomic mass is 9.90. The van der Waals surface area contributed by atoms with E-state index in [1.54, 1.807) is 6.07 Å². The van der Waals surface area contributed by atoms with Crippen LogP contribution in [0.5, 0.6) is 0 Å². The molecule has 3 heterocycles. The Bertz CT molecular complexity index is 954. The van der Waals surface area contributed by atoms with E-state index in [4.69, 9.17) is 0 Å². The molecular weight excluding hydrogens is 380 g/mol. The van der Waals surface area contributed by atoms with E-state index >= 15 is 0 Å². The Hall–Kier alpha value is -2.25. The number of para-hydroxylation sites is 1. The summed E-state index contributed by atoms with van der Waals surface area (Å²) in [4.78, 5) is 34.0. The molecule has 30 heavy (non-hydrogen) atoms. The zero-order valence-electron chi connectivity index (χ0n) is 18.0. The number of likely N-dealkylation sites (tertiary alicyclic amines) is 2. The summed E-state index contributed by atoms with van der Waals surface area (Å²) < 4.78 is 1.51. The zero-order valence-corrected chi connectivity index (χ0v) is 18.0. The number of carbonyl (C=O) groups is 1. The van der Waals surface area contributed by atoms with Crippen LogP contribution in [0.4, 0.5) is 0 Å². The maximum atomic E-state index is 12.7. The second-order valence-electron chi connectivity index (χ2n) is 9.44. The Kier molecular flexibility index (Phi) is 5.93. The minimum Gasteiger partial charge on any atom is -0.388 e. The van der Waals surface area contributed by atoms with Crippen molar-refractivity contribution >= 4 is 16.8 Å². The molecule has 2 aromatic rings. The van der Waals surface area contributed by atoms with E-state index in [2.05, 4.69) is 23.7 Å². The minimum atomic E-state index is -0.957. The molecule has 2 saturated heterocycles. The summed E-state index contributed by atoms with van der Waals surface area (Å²) in [5, 5.41) is 11.6. The number of benzene rings is 1. The first-order valence-corrected chi connectivity index (χ1v) is 11.0. The number of carbonyl (C=O) groups excluding carboxylic acids is 1. The van der Waals surface area contributed by atoms with E-state index in [9.17, 15) is 14.7 Å². The van der Waals surface area contributed by atoms with Crippen molar-refractivity contribution < 1.29 is 9.90 Å². The van der Waals surface area contributed by atoms with E-state index in [0.717, 1.165) is 13.1 Å². The number of piperidine rings is 2. The molecule has 1 aromatic carbocycles. The molecule has 2 aliphatic rings. The molecule has 0 radical (unpaired) electrons. The van der Waals surface area contributed by atoms with Gasteiger partial charge in [-0.3, -0.25) is 19.1 Å². The molecule has 0 spiro atoms. The lowest BCUT2D eigenvalue weighted by Crippen LogP contribution is -2.52. The van der Waals surface area contributed by atoms with Gasteiger partial charge in [0, 0.05) is 26.2 Å². The Morgan fingerprint density at radius 1 is 1.17 bits per heavy atom. The smallest absolute Gasteiger partial charge is 0.261 e. The summed E-state index contributed by atoms with van der Waals surface area (Å²) in [5.74, 6) is 1.30. The van der Waals surface area contributed by atoms with E-state index < -0.39 is 5.60 Å². The molecule has 2 atom stereocenters. The number of amides is 1. The third-order valence-electron chi connectivity index (χ3n) is 6.56. The van der Waals surface area contributed by atoms with Crippen LogP contribution in [-0.4, -0.2) is 68.7 Å². The fourth-order valence-electron chi connectivity index (χ4n) is 4.98. The number of fused-ring (bicyclic) bond motifs is 1. The first kappa shape index (κ1) is 21.0. The third kappa shape index (κ3) is 4.57. The van der Waals surface area contributed by atoms with Crippen molar-refractivity contribution in [2.75, 3.05) is 32.7 Å². The molecule has 0 aliphatic carbocycles. The molecule has 0 bridgehead atoms. The maximum Gasteiger partial charge on any atom is 0.261 e. The number of nitrogens with zero attached hydrogens (tertiary/aromatic N) is 4. The molecule has 2 fully saturated rings. The highest BCUT2D eigenvalue weighted by atomic mass is 16.3. The van der Waals surface area contributed by atoms with Crippen molar-refractivity contribution in [3.8, 4) is 0 Å². The fourth-order valence-corrected chi connectivity index (χ4v) is 4.98. The van der Waals surface area contributed by atoms with Crippen LogP contribution < -0.4 is 5.56 Å². The third-order valence-corrected chi connectivity index (χ3v) is 6.56. The molecule has 1 amide bonds. The molecular formula is C23H32N4O3. The van der Waals surface area contributed by atoms with Gasteiger partial charge in [-0.15, -0.1) is 0 Å². The van der Waals surface area contributed by atoms with Crippen molar-refractivity contribution in [1.82, 2.24) is 19.4 Å². The molecule has 4 rings (SSSR count). The van der Waals surface area contributed by atoms with Gasteiger partial charge >= 0.3 is 0 Å². The van der Waals surface area contributed by atoms with Gasteiger partial charge in [0.1, 0.15) is 0 Å². The first-order valence-electron chi connectivity index (χ1n) is 11.0. The molecule has 1 aromatic heterocycles. The highest BCUT2D eigenvalue weighted by molar-refractivity contribution is 5.78. The topological polar surface area (TPSA) is 78.7 Å². The molecule has 162 valence electrons. The van der Waals surface area contributed by atoms with Crippen molar-refractivity contribution in [2.24, 2.45) is 11.8 Å². The van der Waals surface area contributed by atoms with E-state index in [0.29, 0.717) is 55.2 Å². The van der Waals surface area contributed by atoms with E-state index in [-0.39, 0.29) is 18.0 Å². The van der Waals surface area contributed by atoms with Gasteiger partial charge in [-0.25, -0.2) is 4.98 Å². The van der Waals surface area contributed by atoms with Gasteiger partial charge < -0.3 is 10.0 Å². The average molecular weight is 413 g/mol. The van der Waals surface area contributed by atoms with Crippen molar-refractivity contribution in [2.45, 2.75) is 45.3 Å². The predicted octanol–water partition coefficient (Wildman–Crippen LogP) is 1.73. The lowest BCUT2D eigenvalue weighted by molar-refractivity contribution is -0.136. The minimum absolute atomic E-state index is 0.125. The largest absolute Gasteiger partial charge is 0.388 e. The zero-order chi connectivity index (χ0) is 21.3. The first-order chi connectivity index (χ1) is 14.3. The van der Waals surface area contributed by atoms with Gasteiger partial charge in [-0.1, -0.05) is 26.0 Å². The molecule has 0 saturated carbocycles. The van der Waals surface area contributed by atoms with E-state index in [1.807, 2.05) is 23.1 Å². The highest BCUT2D eigenvalue weighted by Crippen LogP contribution is 2.25. The number of hydrogen-bond acceptors (Lipinski definition) is 5. The Morgan fingerprint density at radius 3 is 2.53 bits per heavy atom. The van der Waals surface area contributed by atoms with Crippen LogP contribution in [0.1, 0.15) is 33.1 Å².